The van der Waals surface area contributed by atoms with Gasteiger partial charge in [0.25, 0.3) is 0 Å². The van der Waals surface area contributed by atoms with Gasteiger partial charge in [0.1, 0.15) is 5.82 Å². The van der Waals surface area contributed by atoms with Crippen LogP contribution < -0.4 is 4.90 Å². The lowest BCUT2D eigenvalue weighted by Crippen LogP contribution is -2.46. The molecule has 2 aromatic carbocycles. The van der Waals surface area contributed by atoms with Gasteiger partial charge in [0, 0.05) is 38.3 Å². The van der Waals surface area contributed by atoms with Gasteiger partial charge < -0.3 is 14.6 Å². The van der Waals surface area contributed by atoms with Crippen LogP contribution in [-0.4, -0.2) is 37.2 Å². The third-order valence-corrected chi connectivity index (χ3v) is 5.65. The van der Waals surface area contributed by atoms with Crippen LogP contribution in [0.5, 0.6) is 0 Å². The molecule has 0 aromatic heterocycles. The van der Waals surface area contributed by atoms with Crippen molar-refractivity contribution in [1.82, 2.24) is 4.90 Å². The van der Waals surface area contributed by atoms with E-state index in [-0.39, 0.29) is 5.82 Å². The molecule has 156 valence electrons. The molecule has 5 nitrogen and oxygen atoms in total. The maximum absolute atomic E-state index is 13.4. The number of aliphatic imine (C=N–C) groups is 1. The molecule has 1 saturated heterocycles. The summed E-state index contributed by atoms with van der Waals surface area (Å²) >= 11 is 0. The first-order valence-corrected chi connectivity index (χ1v) is 10.3. The number of oxime groups is 1. The minimum absolute atomic E-state index is 0.254. The lowest BCUT2D eigenvalue weighted by Gasteiger charge is -2.37. The maximum atomic E-state index is 13.4. The highest BCUT2D eigenvalue weighted by Crippen LogP contribution is 2.40. The Morgan fingerprint density at radius 2 is 1.93 bits per heavy atom. The molecule has 1 atom stereocenters. The topological polar surface area (TPSA) is 40.4 Å². The van der Waals surface area contributed by atoms with Crippen molar-refractivity contribution in [3.05, 3.63) is 71.0 Å². The van der Waals surface area contributed by atoms with Gasteiger partial charge in [0.2, 0.25) is 5.72 Å². The molecule has 0 spiro atoms. The minimum atomic E-state index is -0.715. The molecule has 1 unspecified atom stereocenters. The number of amidine groups is 1. The predicted molar refractivity (Wildman–Crippen MR) is 120 cm³/mol. The van der Waals surface area contributed by atoms with Crippen molar-refractivity contribution in [3.8, 4) is 0 Å². The fourth-order valence-electron chi connectivity index (χ4n) is 3.91. The van der Waals surface area contributed by atoms with Gasteiger partial charge in [-0.15, -0.1) is 0 Å². The predicted octanol–water partition coefficient (Wildman–Crippen LogP) is 5.01. The van der Waals surface area contributed by atoms with Crippen molar-refractivity contribution >= 4 is 23.9 Å². The summed E-state index contributed by atoms with van der Waals surface area (Å²) in [5.74, 6) is 0.611. The number of anilines is 1. The van der Waals surface area contributed by atoms with Gasteiger partial charge in [-0.3, -0.25) is 4.99 Å². The lowest BCUT2D eigenvalue weighted by molar-refractivity contribution is -0.0913. The van der Waals surface area contributed by atoms with E-state index in [1.165, 1.54) is 12.1 Å². The molecule has 0 radical (unpaired) electrons. The molecular formula is C24H27FN4O. The smallest absolute Gasteiger partial charge is 0.234 e. The SMILES string of the molecule is CCN=CN(C)c1ccc(/C=C2\CCCN3C2=NOC3(C)c2ccc(F)cc2)cc1. The van der Waals surface area contributed by atoms with E-state index in [4.69, 9.17) is 4.84 Å². The van der Waals surface area contributed by atoms with E-state index in [1.54, 1.807) is 12.1 Å². The molecule has 4 rings (SSSR count). The van der Waals surface area contributed by atoms with Crippen LogP contribution in [0.1, 0.15) is 37.8 Å². The second-order valence-electron chi connectivity index (χ2n) is 7.74. The number of fused-ring (bicyclic) bond motifs is 1. The first-order valence-electron chi connectivity index (χ1n) is 10.3. The van der Waals surface area contributed by atoms with Crippen LogP contribution in [0.15, 0.2) is 64.3 Å². The second-order valence-corrected chi connectivity index (χ2v) is 7.74. The van der Waals surface area contributed by atoms with Crippen molar-refractivity contribution in [2.45, 2.75) is 32.4 Å². The van der Waals surface area contributed by atoms with E-state index in [0.717, 1.165) is 54.2 Å². The summed E-state index contributed by atoms with van der Waals surface area (Å²) < 4.78 is 13.4. The summed E-state index contributed by atoms with van der Waals surface area (Å²) in [6.45, 7) is 5.63. The molecule has 30 heavy (non-hydrogen) atoms. The van der Waals surface area contributed by atoms with Crippen LogP contribution in [0.2, 0.25) is 0 Å². The number of hydrogen-bond donors (Lipinski definition) is 0. The van der Waals surface area contributed by atoms with E-state index in [2.05, 4.69) is 45.4 Å². The number of hydrogen-bond acceptors (Lipinski definition) is 4. The third-order valence-electron chi connectivity index (χ3n) is 5.65. The fourth-order valence-corrected chi connectivity index (χ4v) is 3.91. The molecule has 2 aliphatic rings. The summed E-state index contributed by atoms with van der Waals surface area (Å²) in [7, 11) is 1.99. The van der Waals surface area contributed by atoms with Gasteiger partial charge in [0.05, 0.1) is 6.34 Å². The molecule has 0 N–H and O–H groups in total. The fraction of sp³-hybridized carbons (Fsp3) is 0.333. The maximum Gasteiger partial charge on any atom is 0.234 e. The Labute approximate surface area is 177 Å². The van der Waals surface area contributed by atoms with Crippen molar-refractivity contribution in [1.29, 1.82) is 0 Å². The second kappa shape index (κ2) is 8.30. The molecule has 0 amide bonds. The highest BCUT2D eigenvalue weighted by molar-refractivity contribution is 6.03. The Balaban J connectivity index is 1.55. The van der Waals surface area contributed by atoms with E-state index in [9.17, 15) is 4.39 Å². The van der Waals surface area contributed by atoms with Crippen LogP contribution >= 0.6 is 0 Å². The zero-order valence-electron chi connectivity index (χ0n) is 17.7. The average Bonchev–Trinajstić information content (AvgIpc) is 3.12. The molecule has 2 aliphatic heterocycles. The minimum Gasteiger partial charge on any atom is -0.360 e. The summed E-state index contributed by atoms with van der Waals surface area (Å²) in [4.78, 5) is 14.4. The number of piperidine rings is 1. The van der Waals surface area contributed by atoms with Crippen molar-refractivity contribution < 1.29 is 9.23 Å². The summed E-state index contributed by atoms with van der Waals surface area (Å²) in [6.07, 6.45) is 5.98. The quantitative estimate of drug-likeness (QED) is 0.518. The third kappa shape index (κ3) is 3.82. The Morgan fingerprint density at radius 3 is 2.63 bits per heavy atom. The summed E-state index contributed by atoms with van der Waals surface area (Å²) in [6, 6.07) is 14.8. The van der Waals surface area contributed by atoms with Crippen LogP contribution in [0.25, 0.3) is 6.08 Å². The Bertz CT molecular complexity index is 981. The van der Waals surface area contributed by atoms with E-state index in [0.29, 0.717) is 0 Å². The van der Waals surface area contributed by atoms with Crippen LogP contribution in [0.3, 0.4) is 0 Å². The van der Waals surface area contributed by atoms with Gasteiger partial charge in [-0.05, 0) is 61.2 Å². The highest BCUT2D eigenvalue weighted by atomic mass is 19.1. The van der Waals surface area contributed by atoms with Crippen LogP contribution in [-0.2, 0) is 10.6 Å². The first-order chi connectivity index (χ1) is 14.5. The van der Waals surface area contributed by atoms with Gasteiger partial charge in [-0.2, -0.15) is 0 Å². The molecule has 0 bridgehead atoms. The van der Waals surface area contributed by atoms with E-state index >= 15 is 0 Å². The lowest BCUT2D eigenvalue weighted by atomic mass is 9.95. The zero-order chi connectivity index (χ0) is 21.1. The van der Waals surface area contributed by atoms with Crippen molar-refractivity contribution in [2.24, 2.45) is 10.1 Å². The van der Waals surface area contributed by atoms with Crippen LogP contribution in [0, 0.1) is 5.82 Å². The van der Waals surface area contributed by atoms with Gasteiger partial charge in [0.15, 0.2) is 5.84 Å². The molecule has 2 heterocycles. The van der Waals surface area contributed by atoms with Crippen LogP contribution in [0.4, 0.5) is 10.1 Å². The van der Waals surface area contributed by atoms with Gasteiger partial charge in [-0.25, -0.2) is 4.39 Å². The first kappa shape index (κ1) is 20.1. The number of rotatable bonds is 5. The summed E-state index contributed by atoms with van der Waals surface area (Å²) in [5, 5.41) is 4.42. The highest BCUT2D eigenvalue weighted by Gasteiger charge is 2.45. The van der Waals surface area contributed by atoms with Crippen molar-refractivity contribution in [2.75, 3.05) is 25.0 Å². The Kier molecular flexibility index (Phi) is 5.57. The molecule has 0 aliphatic carbocycles. The summed E-state index contributed by atoms with van der Waals surface area (Å²) in [5.41, 5.74) is 3.54. The number of nitrogens with zero attached hydrogens (tertiary/aromatic N) is 4. The standard InChI is InChI=1S/C24H27FN4O/c1-4-26-17-28(3)22-13-7-18(8-14-22)16-19-6-5-15-29-23(19)27-30-24(29,2)20-9-11-21(25)12-10-20/h7-14,16-17H,4-6,15H2,1-3H3/b19-16+,26-17?. The molecule has 6 heteroatoms. The zero-order valence-corrected chi connectivity index (χ0v) is 17.7. The Hall–Kier alpha value is -3.15. The Morgan fingerprint density at radius 1 is 1.20 bits per heavy atom. The van der Waals surface area contributed by atoms with Crippen molar-refractivity contribution in [3.63, 3.8) is 0 Å². The van der Waals surface area contributed by atoms with Gasteiger partial charge in [-0.1, -0.05) is 29.4 Å². The number of halogens is 1. The number of benzene rings is 2. The van der Waals surface area contributed by atoms with E-state index in [1.807, 2.05) is 32.1 Å². The largest absolute Gasteiger partial charge is 0.360 e. The molecule has 0 saturated carbocycles. The normalized spacial score (nSPS) is 22.2. The average molecular weight is 407 g/mol. The molecule has 2 aromatic rings. The molecular weight excluding hydrogens is 379 g/mol. The molecule has 1 fully saturated rings. The van der Waals surface area contributed by atoms with Gasteiger partial charge >= 0.3 is 0 Å². The monoisotopic (exact) mass is 406 g/mol. The van der Waals surface area contributed by atoms with E-state index < -0.39 is 5.72 Å².